The van der Waals surface area contributed by atoms with Crippen LogP contribution in [0.4, 0.5) is 0 Å². The second kappa shape index (κ2) is 4.68. The molecule has 0 aromatic carbocycles. The minimum Gasteiger partial charge on any atom is -0.341 e. The Morgan fingerprint density at radius 2 is 2.44 bits per heavy atom. The highest BCUT2D eigenvalue weighted by atomic mass is 16.2. The summed E-state index contributed by atoms with van der Waals surface area (Å²) in [7, 11) is 0. The van der Waals surface area contributed by atoms with Crippen molar-refractivity contribution in [2.24, 2.45) is 5.92 Å². The van der Waals surface area contributed by atoms with Gasteiger partial charge in [-0.2, -0.15) is 5.10 Å². The van der Waals surface area contributed by atoms with Crippen molar-refractivity contribution in [3.05, 3.63) is 18.0 Å². The van der Waals surface area contributed by atoms with Gasteiger partial charge in [-0.25, -0.2) is 0 Å². The van der Waals surface area contributed by atoms with Crippen LogP contribution in [-0.2, 0) is 11.3 Å². The van der Waals surface area contributed by atoms with Crippen LogP contribution in [0.25, 0.3) is 0 Å². The first-order chi connectivity index (χ1) is 7.66. The largest absolute Gasteiger partial charge is 0.341 e. The third kappa shape index (κ3) is 2.43. The number of aromatic nitrogens is 2. The van der Waals surface area contributed by atoms with Crippen LogP contribution in [-0.4, -0.2) is 33.7 Å². The molecule has 1 fully saturated rings. The lowest BCUT2D eigenvalue weighted by Crippen LogP contribution is -2.41. The number of carbonyl (C=O) groups excluding carboxylic acids is 1. The predicted molar refractivity (Wildman–Crippen MR) is 61.9 cm³/mol. The topological polar surface area (TPSA) is 38.1 Å². The Morgan fingerprint density at radius 1 is 1.62 bits per heavy atom. The first kappa shape index (κ1) is 11.2. The number of hydrogen-bond acceptors (Lipinski definition) is 2. The van der Waals surface area contributed by atoms with E-state index in [9.17, 15) is 4.79 Å². The van der Waals surface area contributed by atoms with Crippen LogP contribution < -0.4 is 0 Å². The van der Waals surface area contributed by atoms with Gasteiger partial charge in [0.05, 0.1) is 0 Å². The average molecular weight is 221 g/mol. The molecule has 0 bridgehead atoms. The predicted octanol–water partition coefficient (Wildman–Crippen LogP) is 1.45. The van der Waals surface area contributed by atoms with Crippen LogP contribution in [0.15, 0.2) is 12.3 Å². The molecule has 0 aliphatic carbocycles. The van der Waals surface area contributed by atoms with E-state index in [4.69, 9.17) is 0 Å². The van der Waals surface area contributed by atoms with Crippen molar-refractivity contribution in [1.29, 1.82) is 0 Å². The zero-order valence-electron chi connectivity index (χ0n) is 10.0. The van der Waals surface area contributed by atoms with Crippen molar-refractivity contribution in [2.45, 2.75) is 33.2 Å². The zero-order valence-corrected chi connectivity index (χ0v) is 10.0. The molecule has 2 rings (SSSR count). The summed E-state index contributed by atoms with van der Waals surface area (Å²) in [5, 5.41) is 4.14. The molecule has 1 aliphatic heterocycles. The van der Waals surface area contributed by atoms with E-state index in [0.29, 0.717) is 12.5 Å². The van der Waals surface area contributed by atoms with E-state index < -0.39 is 0 Å². The molecule has 1 saturated heterocycles. The Hall–Kier alpha value is -1.32. The average Bonchev–Trinajstić information content (AvgIpc) is 2.64. The molecular formula is C12H19N3O. The van der Waals surface area contributed by atoms with Crippen LogP contribution in [0, 0.1) is 12.8 Å². The summed E-state index contributed by atoms with van der Waals surface area (Å²) in [6, 6.07) is 1.92. The Bertz CT molecular complexity index is 372. The molecule has 0 radical (unpaired) electrons. The fourth-order valence-corrected chi connectivity index (χ4v) is 2.21. The number of piperidine rings is 1. The van der Waals surface area contributed by atoms with Gasteiger partial charge < -0.3 is 4.90 Å². The van der Waals surface area contributed by atoms with Gasteiger partial charge in [-0.05, 0) is 31.7 Å². The van der Waals surface area contributed by atoms with Gasteiger partial charge in [0.15, 0.2) is 0 Å². The van der Waals surface area contributed by atoms with Gasteiger partial charge in [-0.15, -0.1) is 0 Å². The standard InChI is InChI=1S/C12H19N3O/c1-10-4-3-7-14(8-10)12(16)9-15-11(2)5-6-13-15/h5-6,10H,3-4,7-9H2,1-2H3. The van der Waals surface area contributed by atoms with E-state index in [1.165, 1.54) is 6.42 Å². The molecule has 2 heterocycles. The van der Waals surface area contributed by atoms with E-state index in [-0.39, 0.29) is 5.91 Å². The molecule has 88 valence electrons. The summed E-state index contributed by atoms with van der Waals surface area (Å²) in [5.74, 6) is 0.828. The lowest BCUT2D eigenvalue weighted by atomic mass is 10.0. The summed E-state index contributed by atoms with van der Waals surface area (Å²) in [4.78, 5) is 14.0. The maximum atomic E-state index is 12.0. The molecule has 16 heavy (non-hydrogen) atoms. The van der Waals surface area contributed by atoms with E-state index in [0.717, 1.165) is 25.2 Å². The highest BCUT2D eigenvalue weighted by molar-refractivity contribution is 5.76. The van der Waals surface area contributed by atoms with Gasteiger partial charge in [0.1, 0.15) is 6.54 Å². The first-order valence-electron chi connectivity index (χ1n) is 5.93. The molecule has 1 aromatic rings. The van der Waals surface area contributed by atoms with Crippen molar-refractivity contribution in [3.8, 4) is 0 Å². The molecule has 4 nitrogen and oxygen atoms in total. The normalized spacial score (nSPS) is 21.1. The molecule has 1 aliphatic rings. The summed E-state index contributed by atoms with van der Waals surface area (Å²) in [5.41, 5.74) is 1.04. The molecule has 4 heteroatoms. The summed E-state index contributed by atoms with van der Waals surface area (Å²) < 4.78 is 1.77. The molecule has 0 spiro atoms. The summed E-state index contributed by atoms with van der Waals surface area (Å²) in [6.07, 6.45) is 4.11. The molecule has 1 aromatic heterocycles. The van der Waals surface area contributed by atoms with E-state index >= 15 is 0 Å². The van der Waals surface area contributed by atoms with Crippen LogP contribution in [0.2, 0.25) is 0 Å². The smallest absolute Gasteiger partial charge is 0.244 e. The number of amides is 1. The van der Waals surface area contributed by atoms with Gasteiger partial charge in [0.2, 0.25) is 5.91 Å². The Kier molecular flexibility index (Phi) is 3.27. The van der Waals surface area contributed by atoms with Crippen LogP contribution in [0.3, 0.4) is 0 Å². The van der Waals surface area contributed by atoms with Crippen molar-refractivity contribution in [1.82, 2.24) is 14.7 Å². The molecule has 1 atom stereocenters. The third-order valence-electron chi connectivity index (χ3n) is 3.22. The van der Waals surface area contributed by atoms with E-state index in [1.807, 2.05) is 17.9 Å². The fourth-order valence-electron chi connectivity index (χ4n) is 2.21. The minimum atomic E-state index is 0.193. The van der Waals surface area contributed by atoms with E-state index in [2.05, 4.69) is 12.0 Å². The second-order valence-electron chi connectivity index (χ2n) is 4.72. The second-order valence-corrected chi connectivity index (χ2v) is 4.72. The highest BCUT2D eigenvalue weighted by Crippen LogP contribution is 2.15. The lowest BCUT2D eigenvalue weighted by molar-refractivity contribution is -0.133. The monoisotopic (exact) mass is 221 g/mol. The molecule has 0 N–H and O–H groups in total. The number of carbonyl (C=O) groups is 1. The van der Waals surface area contributed by atoms with Crippen molar-refractivity contribution in [3.63, 3.8) is 0 Å². The summed E-state index contributed by atoms with van der Waals surface area (Å²) >= 11 is 0. The van der Waals surface area contributed by atoms with Crippen molar-refractivity contribution >= 4 is 5.91 Å². The Morgan fingerprint density at radius 3 is 3.06 bits per heavy atom. The van der Waals surface area contributed by atoms with Gasteiger partial charge >= 0.3 is 0 Å². The molecular weight excluding hydrogens is 202 g/mol. The van der Waals surface area contributed by atoms with Crippen molar-refractivity contribution in [2.75, 3.05) is 13.1 Å². The van der Waals surface area contributed by atoms with Gasteiger partial charge in [-0.1, -0.05) is 6.92 Å². The van der Waals surface area contributed by atoms with Crippen LogP contribution in [0.1, 0.15) is 25.5 Å². The molecule has 1 amide bonds. The van der Waals surface area contributed by atoms with Crippen LogP contribution >= 0.6 is 0 Å². The quantitative estimate of drug-likeness (QED) is 0.758. The minimum absolute atomic E-state index is 0.193. The highest BCUT2D eigenvalue weighted by Gasteiger charge is 2.21. The van der Waals surface area contributed by atoms with Gasteiger partial charge in [0, 0.05) is 25.0 Å². The summed E-state index contributed by atoms with van der Waals surface area (Å²) in [6.45, 7) is 6.37. The zero-order chi connectivity index (χ0) is 11.5. The lowest BCUT2D eigenvalue weighted by Gasteiger charge is -2.31. The van der Waals surface area contributed by atoms with E-state index in [1.54, 1.807) is 10.9 Å². The maximum absolute atomic E-state index is 12.0. The number of aryl methyl sites for hydroxylation is 1. The number of likely N-dealkylation sites (tertiary alicyclic amines) is 1. The number of rotatable bonds is 2. The van der Waals surface area contributed by atoms with Crippen molar-refractivity contribution < 1.29 is 4.79 Å². The maximum Gasteiger partial charge on any atom is 0.244 e. The number of nitrogens with zero attached hydrogens (tertiary/aromatic N) is 3. The fraction of sp³-hybridized carbons (Fsp3) is 0.667. The Labute approximate surface area is 96.2 Å². The number of hydrogen-bond donors (Lipinski definition) is 0. The molecule has 0 saturated carbocycles. The van der Waals surface area contributed by atoms with Crippen LogP contribution in [0.5, 0.6) is 0 Å². The molecule has 1 unspecified atom stereocenters. The SMILES string of the molecule is Cc1ccnn1CC(=O)N1CCCC(C)C1. The van der Waals surface area contributed by atoms with Gasteiger partial charge in [-0.3, -0.25) is 9.48 Å². The Balaban J connectivity index is 1.95. The van der Waals surface area contributed by atoms with Gasteiger partial charge in [0.25, 0.3) is 0 Å². The third-order valence-corrected chi connectivity index (χ3v) is 3.22. The first-order valence-corrected chi connectivity index (χ1v) is 5.93.